The van der Waals surface area contributed by atoms with Crippen molar-refractivity contribution in [2.45, 2.75) is 32.2 Å². The SMILES string of the molecule is Cc1ncoc1C(=O)N[C@H](CCCC(=O)O)C(=O)O. The largest absolute Gasteiger partial charge is 0.481 e. The van der Waals surface area contributed by atoms with Crippen molar-refractivity contribution in [3.05, 3.63) is 17.8 Å². The monoisotopic (exact) mass is 270 g/mol. The number of aliphatic carboxylic acids is 2. The molecule has 19 heavy (non-hydrogen) atoms. The number of amides is 1. The summed E-state index contributed by atoms with van der Waals surface area (Å²) in [6, 6.07) is -1.16. The molecule has 8 nitrogen and oxygen atoms in total. The molecule has 0 saturated carbocycles. The number of aryl methyl sites for hydroxylation is 1. The van der Waals surface area contributed by atoms with Crippen LogP contribution in [-0.2, 0) is 9.59 Å². The van der Waals surface area contributed by atoms with Gasteiger partial charge in [0.2, 0.25) is 5.76 Å². The molecule has 0 fully saturated rings. The number of carboxylic acid groups (broad SMARTS) is 2. The van der Waals surface area contributed by atoms with E-state index in [-0.39, 0.29) is 25.0 Å². The van der Waals surface area contributed by atoms with Crippen LogP contribution in [0.1, 0.15) is 35.5 Å². The van der Waals surface area contributed by atoms with Crippen LogP contribution in [0.25, 0.3) is 0 Å². The first-order chi connectivity index (χ1) is 8.91. The fraction of sp³-hybridized carbons (Fsp3) is 0.455. The van der Waals surface area contributed by atoms with E-state index < -0.39 is 23.9 Å². The lowest BCUT2D eigenvalue weighted by Crippen LogP contribution is -2.40. The molecule has 1 aromatic heterocycles. The topological polar surface area (TPSA) is 130 Å². The number of carbonyl (C=O) groups is 3. The van der Waals surface area contributed by atoms with Crippen molar-refractivity contribution in [1.29, 1.82) is 0 Å². The number of nitrogens with one attached hydrogen (secondary N) is 1. The molecular weight excluding hydrogens is 256 g/mol. The minimum absolute atomic E-state index is 0.0283. The Morgan fingerprint density at radius 1 is 1.42 bits per heavy atom. The molecule has 0 spiro atoms. The summed E-state index contributed by atoms with van der Waals surface area (Å²) in [6.45, 7) is 1.55. The van der Waals surface area contributed by atoms with Gasteiger partial charge in [0.25, 0.3) is 5.91 Å². The third kappa shape index (κ3) is 4.41. The third-order valence-electron chi connectivity index (χ3n) is 2.44. The Bertz CT molecular complexity index is 481. The zero-order chi connectivity index (χ0) is 14.4. The molecule has 1 aromatic rings. The highest BCUT2D eigenvalue weighted by molar-refractivity contribution is 5.94. The van der Waals surface area contributed by atoms with Crippen molar-refractivity contribution >= 4 is 17.8 Å². The van der Waals surface area contributed by atoms with Gasteiger partial charge in [-0.2, -0.15) is 0 Å². The highest BCUT2D eigenvalue weighted by Crippen LogP contribution is 2.07. The molecule has 104 valence electrons. The van der Waals surface area contributed by atoms with Crippen LogP contribution >= 0.6 is 0 Å². The summed E-state index contributed by atoms with van der Waals surface area (Å²) in [5.41, 5.74) is 0.354. The lowest BCUT2D eigenvalue weighted by molar-refractivity contribution is -0.140. The number of oxazole rings is 1. The fourth-order valence-electron chi connectivity index (χ4n) is 1.46. The zero-order valence-corrected chi connectivity index (χ0v) is 10.3. The van der Waals surface area contributed by atoms with Crippen molar-refractivity contribution in [1.82, 2.24) is 10.3 Å². The Morgan fingerprint density at radius 2 is 2.11 bits per heavy atom. The molecule has 0 aliphatic rings. The van der Waals surface area contributed by atoms with Crippen LogP contribution in [0.15, 0.2) is 10.8 Å². The van der Waals surface area contributed by atoms with Gasteiger partial charge in [0, 0.05) is 6.42 Å². The van der Waals surface area contributed by atoms with Gasteiger partial charge in [0.15, 0.2) is 6.39 Å². The number of rotatable bonds is 7. The van der Waals surface area contributed by atoms with E-state index in [0.29, 0.717) is 5.69 Å². The van der Waals surface area contributed by atoms with Gasteiger partial charge in [0.05, 0.1) is 5.69 Å². The summed E-state index contributed by atoms with van der Waals surface area (Å²) in [4.78, 5) is 36.7. The Morgan fingerprint density at radius 3 is 2.58 bits per heavy atom. The second-order valence-corrected chi connectivity index (χ2v) is 3.92. The summed E-state index contributed by atoms with van der Waals surface area (Å²) >= 11 is 0. The number of hydrogen-bond acceptors (Lipinski definition) is 5. The van der Waals surface area contributed by atoms with Crippen molar-refractivity contribution in [2.24, 2.45) is 0 Å². The second-order valence-electron chi connectivity index (χ2n) is 3.92. The van der Waals surface area contributed by atoms with Crippen LogP contribution < -0.4 is 5.32 Å². The second kappa shape index (κ2) is 6.53. The van der Waals surface area contributed by atoms with Gasteiger partial charge in [-0.15, -0.1) is 0 Å². The molecule has 8 heteroatoms. The molecule has 0 radical (unpaired) electrons. The van der Waals surface area contributed by atoms with Crippen molar-refractivity contribution in [2.75, 3.05) is 0 Å². The van der Waals surface area contributed by atoms with E-state index in [0.717, 1.165) is 6.39 Å². The summed E-state index contributed by atoms with van der Waals surface area (Å²) in [6.07, 6.45) is 1.12. The molecule has 1 rings (SSSR count). The highest BCUT2D eigenvalue weighted by Gasteiger charge is 2.23. The standard InChI is InChI=1S/C11H14N2O6/c1-6-9(19-5-12-6)10(16)13-7(11(17)18)3-2-4-8(14)15/h5,7H,2-4H2,1H3,(H,13,16)(H,14,15)(H,17,18)/t7-/m1/s1. The van der Waals surface area contributed by atoms with E-state index in [4.69, 9.17) is 14.6 Å². The molecule has 1 heterocycles. The number of carbonyl (C=O) groups excluding carboxylic acids is 1. The number of hydrogen-bond donors (Lipinski definition) is 3. The van der Waals surface area contributed by atoms with Crippen LogP contribution in [0.2, 0.25) is 0 Å². The maximum absolute atomic E-state index is 11.7. The summed E-state index contributed by atoms with van der Waals surface area (Å²) < 4.78 is 4.84. The number of nitrogens with zero attached hydrogens (tertiary/aromatic N) is 1. The van der Waals surface area contributed by atoms with E-state index in [2.05, 4.69) is 10.3 Å². The van der Waals surface area contributed by atoms with E-state index >= 15 is 0 Å². The fourth-order valence-corrected chi connectivity index (χ4v) is 1.46. The zero-order valence-electron chi connectivity index (χ0n) is 10.3. The average molecular weight is 270 g/mol. The van der Waals surface area contributed by atoms with E-state index in [9.17, 15) is 14.4 Å². The molecule has 1 atom stereocenters. The summed E-state index contributed by atoms with van der Waals surface area (Å²) in [5.74, 6) is -2.97. The third-order valence-corrected chi connectivity index (χ3v) is 2.44. The van der Waals surface area contributed by atoms with Gasteiger partial charge in [-0.3, -0.25) is 9.59 Å². The summed E-state index contributed by atoms with van der Waals surface area (Å²) in [7, 11) is 0. The van der Waals surface area contributed by atoms with Crippen LogP contribution in [-0.4, -0.2) is 39.1 Å². The Balaban J connectivity index is 2.59. The molecule has 1 amide bonds. The Kier molecular flexibility index (Phi) is 5.04. The van der Waals surface area contributed by atoms with Crippen LogP contribution in [0, 0.1) is 6.92 Å². The number of carboxylic acids is 2. The van der Waals surface area contributed by atoms with Gasteiger partial charge >= 0.3 is 11.9 Å². The molecule has 0 bridgehead atoms. The number of aromatic nitrogens is 1. The Labute approximate surface area is 108 Å². The normalized spacial score (nSPS) is 11.8. The van der Waals surface area contributed by atoms with Gasteiger partial charge < -0.3 is 19.9 Å². The van der Waals surface area contributed by atoms with E-state index in [1.807, 2.05) is 0 Å². The van der Waals surface area contributed by atoms with Crippen molar-refractivity contribution < 1.29 is 29.0 Å². The predicted octanol–water partition coefficient (Wildman–Crippen LogP) is 0.421. The minimum atomic E-state index is -1.23. The first kappa shape index (κ1) is 14.7. The van der Waals surface area contributed by atoms with Gasteiger partial charge in [-0.05, 0) is 19.8 Å². The summed E-state index contributed by atoms with van der Waals surface area (Å²) in [5, 5.41) is 19.7. The molecule has 0 saturated heterocycles. The van der Waals surface area contributed by atoms with Gasteiger partial charge in [-0.1, -0.05) is 0 Å². The molecule has 3 N–H and O–H groups in total. The lowest BCUT2D eigenvalue weighted by Gasteiger charge is -2.12. The van der Waals surface area contributed by atoms with Crippen LogP contribution in [0.3, 0.4) is 0 Å². The molecule has 0 unspecified atom stereocenters. The van der Waals surface area contributed by atoms with Crippen LogP contribution in [0.4, 0.5) is 0 Å². The van der Waals surface area contributed by atoms with E-state index in [1.54, 1.807) is 6.92 Å². The molecule has 0 aliphatic heterocycles. The predicted molar refractivity (Wildman–Crippen MR) is 61.6 cm³/mol. The lowest BCUT2D eigenvalue weighted by atomic mass is 10.1. The Hall–Kier alpha value is -2.38. The first-order valence-electron chi connectivity index (χ1n) is 5.57. The van der Waals surface area contributed by atoms with Crippen LogP contribution in [0.5, 0.6) is 0 Å². The van der Waals surface area contributed by atoms with Gasteiger partial charge in [0.1, 0.15) is 6.04 Å². The minimum Gasteiger partial charge on any atom is -0.481 e. The highest BCUT2D eigenvalue weighted by atomic mass is 16.4. The maximum atomic E-state index is 11.7. The van der Waals surface area contributed by atoms with Crippen molar-refractivity contribution in [3.63, 3.8) is 0 Å². The average Bonchev–Trinajstić information content (AvgIpc) is 2.73. The molecule has 0 aromatic carbocycles. The first-order valence-corrected chi connectivity index (χ1v) is 5.57. The van der Waals surface area contributed by atoms with E-state index in [1.165, 1.54) is 0 Å². The molecular formula is C11H14N2O6. The quantitative estimate of drug-likeness (QED) is 0.654. The maximum Gasteiger partial charge on any atom is 0.326 e. The molecule has 0 aliphatic carbocycles. The van der Waals surface area contributed by atoms with Crippen molar-refractivity contribution in [3.8, 4) is 0 Å². The van der Waals surface area contributed by atoms with Gasteiger partial charge in [-0.25, -0.2) is 9.78 Å². The smallest absolute Gasteiger partial charge is 0.326 e.